The van der Waals surface area contributed by atoms with Crippen molar-refractivity contribution in [3.05, 3.63) is 0 Å². The molecule has 1 heterocycles. The topological polar surface area (TPSA) is 18.5 Å². The first-order chi connectivity index (χ1) is 7.97. The van der Waals surface area contributed by atoms with Crippen molar-refractivity contribution in [1.82, 2.24) is 0 Å². The van der Waals surface area contributed by atoms with E-state index in [1.807, 2.05) is 0 Å². The lowest BCUT2D eigenvalue weighted by molar-refractivity contribution is -0.430. The molecule has 0 amide bonds. The minimum absolute atomic E-state index is 0.00281. The van der Waals surface area contributed by atoms with Gasteiger partial charge in [-0.15, -0.1) is 0 Å². The largest absolute Gasteiger partial charge is 0.462 e. The van der Waals surface area contributed by atoms with Crippen molar-refractivity contribution < 1.29 is 40.2 Å². The highest BCUT2D eigenvalue weighted by Crippen LogP contribution is 2.48. The summed E-state index contributed by atoms with van der Waals surface area (Å²) < 4.78 is 94.2. The number of hydrogen-bond donors (Lipinski definition) is 0. The summed E-state index contributed by atoms with van der Waals surface area (Å²) in [6.45, 7) is 0.655. The minimum Gasteiger partial charge on any atom is -0.380 e. The summed E-state index contributed by atoms with van der Waals surface area (Å²) in [5.74, 6) is -6.22. The standard InChI is InChI=1S/C9H11F7O2/c1-2-6(3-17-4-6)5-18-9(15,16)7(10,11)8(12,13)14/h2-5H2,1H3. The third-order valence-electron chi connectivity index (χ3n) is 2.85. The van der Waals surface area contributed by atoms with Gasteiger partial charge in [0, 0.05) is 5.41 Å². The minimum atomic E-state index is -6.37. The molecule has 18 heavy (non-hydrogen) atoms. The van der Waals surface area contributed by atoms with E-state index >= 15 is 0 Å². The molecular formula is C9H11F7O2. The first-order valence-electron chi connectivity index (χ1n) is 5.01. The predicted molar refractivity (Wildman–Crippen MR) is 45.4 cm³/mol. The second-order valence-corrected chi connectivity index (χ2v) is 4.22. The molecule has 0 atom stereocenters. The first-order valence-corrected chi connectivity index (χ1v) is 5.01. The molecule has 108 valence electrons. The fraction of sp³-hybridized carbons (Fsp3) is 1.00. The van der Waals surface area contributed by atoms with Crippen LogP contribution in [0.5, 0.6) is 0 Å². The molecule has 0 spiro atoms. The van der Waals surface area contributed by atoms with Gasteiger partial charge in [-0.05, 0) is 6.42 Å². The lowest BCUT2D eigenvalue weighted by Gasteiger charge is -2.41. The molecule has 0 N–H and O–H groups in total. The second kappa shape index (κ2) is 4.52. The Morgan fingerprint density at radius 1 is 1.06 bits per heavy atom. The van der Waals surface area contributed by atoms with Gasteiger partial charge in [0.05, 0.1) is 19.8 Å². The molecule has 0 aromatic carbocycles. The fourth-order valence-corrected chi connectivity index (χ4v) is 1.28. The van der Waals surface area contributed by atoms with E-state index in [9.17, 15) is 30.7 Å². The van der Waals surface area contributed by atoms with Gasteiger partial charge in [0.2, 0.25) is 0 Å². The van der Waals surface area contributed by atoms with Crippen LogP contribution in [-0.2, 0) is 9.47 Å². The average Bonchev–Trinajstić information content (AvgIpc) is 2.14. The van der Waals surface area contributed by atoms with Gasteiger partial charge < -0.3 is 9.47 Å². The lowest BCUT2D eigenvalue weighted by atomic mass is 9.84. The summed E-state index contributed by atoms with van der Waals surface area (Å²) in [7, 11) is 0. The molecule has 0 aromatic heterocycles. The molecule has 0 unspecified atom stereocenters. The van der Waals surface area contributed by atoms with Crippen molar-refractivity contribution in [3.8, 4) is 0 Å². The maximum absolute atomic E-state index is 12.8. The van der Waals surface area contributed by atoms with E-state index in [1.54, 1.807) is 6.92 Å². The zero-order valence-electron chi connectivity index (χ0n) is 9.29. The lowest BCUT2D eigenvalue weighted by Crippen LogP contribution is -2.56. The Kier molecular flexibility index (Phi) is 3.89. The first kappa shape index (κ1) is 15.5. The van der Waals surface area contributed by atoms with Crippen molar-refractivity contribution in [2.24, 2.45) is 5.41 Å². The Morgan fingerprint density at radius 2 is 1.56 bits per heavy atom. The van der Waals surface area contributed by atoms with Gasteiger partial charge in [0.15, 0.2) is 0 Å². The van der Waals surface area contributed by atoms with Crippen molar-refractivity contribution in [2.45, 2.75) is 31.6 Å². The molecule has 1 rings (SSSR count). The van der Waals surface area contributed by atoms with Gasteiger partial charge in [0.1, 0.15) is 0 Å². The van der Waals surface area contributed by atoms with E-state index in [-0.39, 0.29) is 19.6 Å². The van der Waals surface area contributed by atoms with Crippen LogP contribution < -0.4 is 0 Å². The van der Waals surface area contributed by atoms with Crippen molar-refractivity contribution in [1.29, 1.82) is 0 Å². The maximum Gasteiger partial charge on any atom is 0.462 e. The molecule has 0 aliphatic carbocycles. The van der Waals surface area contributed by atoms with Crippen molar-refractivity contribution in [3.63, 3.8) is 0 Å². The Balaban J connectivity index is 2.70. The molecule has 1 saturated heterocycles. The fourth-order valence-electron chi connectivity index (χ4n) is 1.28. The monoisotopic (exact) mass is 284 g/mol. The highest BCUT2D eigenvalue weighted by Gasteiger charge is 2.74. The number of alkyl halides is 7. The molecule has 2 nitrogen and oxygen atoms in total. The van der Waals surface area contributed by atoms with Crippen LogP contribution in [0.25, 0.3) is 0 Å². The van der Waals surface area contributed by atoms with E-state index < -0.39 is 30.2 Å². The number of rotatable bonds is 5. The molecule has 0 saturated carbocycles. The van der Waals surface area contributed by atoms with Gasteiger partial charge in [0.25, 0.3) is 0 Å². The van der Waals surface area contributed by atoms with Crippen LogP contribution in [0.4, 0.5) is 30.7 Å². The smallest absolute Gasteiger partial charge is 0.380 e. The van der Waals surface area contributed by atoms with Crippen molar-refractivity contribution >= 4 is 0 Å². The van der Waals surface area contributed by atoms with Crippen LogP contribution in [-0.4, -0.2) is 38.0 Å². The third-order valence-corrected chi connectivity index (χ3v) is 2.85. The molecule has 1 fully saturated rings. The molecule has 0 aromatic rings. The van der Waals surface area contributed by atoms with Gasteiger partial charge in [-0.3, -0.25) is 0 Å². The molecule has 0 radical (unpaired) electrons. The third kappa shape index (κ3) is 2.56. The van der Waals surface area contributed by atoms with E-state index in [1.165, 1.54) is 0 Å². The van der Waals surface area contributed by atoms with Crippen LogP contribution >= 0.6 is 0 Å². The summed E-state index contributed by atoms with van der Waals surface area (Å²) in [5.41, 5.74) is -0.912. The molecule has 9 heteroatoms. The summed E-state index contributed by atoms with van der Waals surface area (Å²) >= 11 is 0. The van der Waals surface area contributed by atoms with Crippen LogP contribution in [0.3, 0.4) is 0 Å². The second-order valence-electron chi connectivity index (χ2n) is 4.22. The average molecular weight is 284 g/mol. The van der Waals surface area contributed by atoms with Crippen LogP contribution in [0.2, 0.25) is 0 Å². The van der Waals surface area contributed by atoms with Gasteiger partial charge >= 0.3 is 18.2 Å². The van der Waals surface area contributed by atoms with Gasteiger partial charge in [-0.25, -0.2) is 0 Å². The summed E-state index contributed by atoms with van der Waals surface area (Å²) in [4.78, 5) is 0. The summed E-state index contributed by atoms with van der Waals surface area (Å²) in [6, 6.07) is 0. The Hall–Kier alpha value is -0.570. The SMILES string of the molecule is CCC1(COC(F)(F)C(F)(F)C(F)(F)F)COC1. The molecule has 1 aliphatic rings. The molecular weight excluding hydrogens is 273 g/mol. The van der Waals surface area contributed by atoms with E-state index in [0.717, 1.165) is 0 Å². The highest BCUT2D eigenvalue weighted by molar-refractivity contribution is 4.88. The Labute approximate surface area is 98.0 Å². The molecule has 0 bridgehead atoms. The van der Waals surface area contributed by atoms with Crippen LogP contribution in [0, 0.1) is 5.41 Å². The van der Waals surface area contributed by atoms with E-state index in [0.29, 0.717) is 0 Å². The highest BCUT2D eigenvalue weighted by atomic mass is 19.4. The zero-order chi connectivity index (χ0) is 14.2. The number of hydrogen-bond acceptors (Lipinski definition) is 2. The van der Waals surface area contributed by atoms with E-state index in [2.05, 4.69) is 4.74 Å². The normalized spacial score (nSPS) is 20.7. The number of halogens is 7. The quantitative estimate of drug-likeness (QED) is 0.722. The zero-order valence-corrected chi connectivity index (χ0v) is 9.29. The Morgan fingerprint density at radius 3 is 1.83 bits per heavy atom. The summed E-state index contributed by atoms with van der Waals surface area (Å²) in [5, 5.41) is 0. The van der Waals surface area contributed by atoms with Crippen LogP contribution in [0.15, 0.2) is 0 Å². The number of ether oxygens (including phenoxy) is 2. The molecule has 1 aliphatic heterocycles. The summed E-state index contributed by atoms with van der Waals surface area (Å²) in [6.07, 6.45) is -11.7. The van der Waals surface area contributed by atoms with Crippen LogP contribution in [0.1, 0.15) is 13.3 Å². The van der Waals surface area contributed by atoms with Crippen molar-refractivity contribution in [2.75, 3.05) is 19.8 Å². The van der Waals surface area contributed by atoms with Gasteiger partial charge in [-0.2, -0.15) is 30.7 Å². The van der Waals surface area contributed by atoms with Gasteiger partial charge in [-0.1, -0.05) is 6.92 Å². The van der Waals surface area contributed by atoms with E-state index in [4.69, 9.17) is 4.74 Å². The maximum atomic E-state index is 12.8. The predicted octanol–water partition coefficient (Wildman–Crippen LogP) is 3.22. The Bertz CT molecular complexity index is 290.